The predicted molar refractivity (Wildman–Crippen MR) is 81.8 cm³/mol. The van der Waals surface area contributed by atoms with Crippen molar-refractivity contribution in [1.82, 2.24) is 9.97 Å². The number of benzene rings is 2. The second kappa shape index (κ2) is 6.29. The van der Waals surface area contributed by atoms with Crippen molar-refractivity contribution in [3.05, 3.63) is 60.9 Å². The van der Waals surface area contributed by atoms with E-state index >= 15 is 0 Å². The molecule has 7 heteroatoms. The van der Waals surface area contributed by atoms with Gasteiger partial charge in [-0.15, -0.1) is 0 Å². The molecule has 0 aliphatic carbocycles. The number of primary sulfonamides is 1. The molecule has 0 fully saturated rings. The van der Waals surface area contributed by atoms with E-state index in [0.717, 1.165) is 11.0 Å². The molecule has 0 atom stereocenters. The normalized spacial score (nSPS) is 10.7. The first-order valence-electron chi connectivity index (χ1n) is 6.01. The first-order valence-corrected chi connectivity index (χ1v) is 7.56. The van der Waals surface area contributed by atoms with E-state index in [1.807, 2.05) is 24.3 Å². The Kier molecular flexibility index (Phi) is 4.46. The van der Waals surface area contributed by atoms with Crippen LogP contribution >= 0.6 is 0 Å². The van der Waals surface area contributed by atoms with Crippen LogP contribution in [0.5, 0.6) is 0 Å². The number of nitrogen functional groups attached to an aromatic ring is 1. The molecule has 6 nitrogen and oxygen atoms in total. The highest BCUT2D eigenvalue weighted by molar-refractivity contribution is 7.89. The van der Waals surface area contributed by atoms with Crippen molar-refractivity contribution in [2.24, 2.45) is 5.14 Å². The van der Waals surface area contributed by atoms with E-state index in [9.17, 15) is 8.42 Å². The van der Waals surface area contributed by atoms with Crippen molar-refractivity contribution in [2.45, 2.75) is 4.90 Å². The zero-order chi connectivity index (χ0) is 15.3. The van der Waals surface area contributed by atoms with Gasteiger partial charge in [0.05, 0.1) is 16.7 Å². The van der Waals surface area contributed by atoms with E-state index in [1.54, 1.807) is 24.5 Å². The van der Waals surface area contributed by atoms with E-state index in [2.05, 4.69) is 9.97 Å². The van der Waals surface area contributed by atoms with Gasteiger partial charge in [0, 0.05) is 12.4 Å². The van der Waals surface area contributed by atoms with Crippen LogP contribution in [0.2, 0.25) is 0 Å². The lowest BCUT2D eigenvalue weighted by atomic mass is 10.3. The number of anilines is 1. The molecule has 0 spiro atoms. The van der Waals surface area contributed by atoms with Crippen LogP contribution < -0.4 is 10.9 Å². The Bertz CT molecular complexity index is 785. The summed E-state index contributed by atoms with van der Waals surface area (Å²) in [5.41, 5.74) is 7.42. The Morgan fingerprint density at radius 3 is 1.71 bits per heavy atom. The third-order valence-corrected chi connectivity index (χ3v) is 3.59. The molecule has 1 heterocycles. The van der Waals surface area contributed by atoms with Crippen LogP contribution in [0.4, 0.5) is 5.69 Å². The van der Waals surface area contributed by atoms with Crippen molar-refractivity contribution in [3.63, 3.8) is 0 Å². The summed E-state index contributed by atoms with van der Waals surface area (Å²) < 4.78 is 21.5. The summed E-state index contributed by atoms with van der Waals surface area (Å²) in [6.07, 6.45) is 3.39. The summed E-state index contributed by atoms with van der Waals surface area (Å²) in [5.74, 6) is 0. The van der Waals surface area contributed by atoms with Gasteiger partial charge in [-0.2, -0.15) is 0 Å². The molecule has 0 saturated heterocycles. The molecule has 4 N–H and O–H groups in total. The molecule has 0 radical (unpaired) electrons. The smallest absolute Gasteiger partial charge is 0.240 e. The number of rotatable bonds is 1. The van der Waals surface area contributed by atoms with Crippen molar-refractivity contribution in [1.29, 1.82) is 0 Å². The molecule has 0 bridgehead atoms. The number of fused-ring (bicyclic) bond motifs is 1. The number of nitrogens with two attached hydrogens (primary N) is 2. The Morgan fingerprint density at radius 2 is 1.29 bits per heavy atom. The second-order valence-corrected chi connectivity index (χ2v) is 5.66. The average molecular weight is 302 g/mol. The highest BCUT2D eigenvalue weighted by Gasteiger charge is 2.09. The summed E-state index contributed by atoms with van der Waals surface area (Å²) in [6.45, 7) is 0. The Hall–Kier alpha value is -2.51. The molecule has 0 unspecified atom stereocenters. The van der Waals surface area contributed by atoms with Crippen molar-refractivity contribution >= 4 is 26.7 Å². The minimum absolute atomic E-state index is 0.0278. The number of sulfonamides is 1. The lowest BCUT2D eigenvalue weighted by Gasteiger charge is -2.00. The van der Waals surface area contributed by atoms with Gasteiger partial charge >= 0.3 is 0 Å². The molecule has 0 aliphatic heterocycles. The maximum absolute atomic E-state index is 10.8. The van der Waals surface area contributed by atoms with Crippen LogP contribution in [0.15, 0.2) is 65.8 Å². The Balaban J connectivity index is 0.000000154. The monoisotopic (exact) mass is 302 g/mol. The van der Waals surface area contributed by atoms with Crippen LogP contribution in [-0.4, -0.2) is 18.4 Å². The van der Waals surface area contributed by atoms with Gasteiger partial charge in [-0.05, 0) is 24.3 Å². The maximum Gasteiger partial charge on any atom is 0.240 e. The van der Waals surface area contributed by atoms with Crippen LogP contribution in [-0.2, 0) is 10.0 Å². The molecule has 3 rings (SSSR count). The summed E-state index contributed by atoms with van der Waals surface area (Å²) in [4.78, 5) is 8.21. The van der Waals surface area contributed by atoms with E-state index in [-0.39, 0.29) is 10.6 Å². The van der Waals surface area contributed by atoms with E-state index < -0.39 is 10.0 Å². The molecule has 2 aromatic carbocycles. The minimum atomic E-state index is -3.66. The molecule has 0 aliphatic rings. The summed E-state index contributed by atoms with van der Waals surface area (Å²) in [6, 6.07) is 13.9. The summed E-state index contributed by atoms with van der Waals surface area (Å²) >= 11 is 0. The van der Waals surface area contributed by atoms with E-state index in [4.69, 9.17) is 10.9 Å². The lowest BCUT2D eigenvalue weighted by Crippen LogP contribution is -2.13. The van der Waals surface area contributed by atoms with Crippen LogP contribution in [0.25, 0.3) is 11.0 Å². The van der Waals surface area contributed by atoms with Crippen molar-refractivity contribution in [2.75, 3.05) is 5.73 Å². The molecule has 0 saturated carbocycles. The highest BCUT2D eigenvalue weighted by atomic mass is 32.2. The van der Waals surface area contributed by atoms with Crippen LogP contribution in [0.3, 0.4) is 0 Å². The molecule has 108 valence electrons. The Morgan fingerprint density at radius 1 is 0.810 bits per heavy atom. The third-order valence-electron chi connectivity index (χ3n) is 2.60. The SMILES string of the molecule is Nc1ccccc1S(N)(=O)=O.c1ccc2nccnc2c1. The molecule has 3 aromatic rings. The predicted octanol–water partition coefficient (Wildman–Crippen LogP) is 1.55. The van der Waals surface area contributed by atoms with Gasteiger partial charge < -0.3 is 5.73 Å². The highest BCUT2D eigenvalue weighted by Crippen LogP contribution is 2.14. The first-order chi connectivity index (χ1) is 9.98. The summed E-state index contributed by atoms with van der Waals surface area (Å²) in [7, 11) is -3.66. The third kappa shape index (κ3) is 3.98. The fourth-order valence-corrected chi connectivity index (χ4v) is 2.31. The second-order valence-electron chi connectivity index (χ2n) is 4.13. The lowest BCUT2D eigenvalue weighted by molar-refractivity contribution is 0.598. The molecule has 21 heavy (non-hydrogen) atoms. The van der Waals surface area contributed by atoms with Gasteiger partial charge in [0.25, 0.3) is 0 Å². The van der Waals surface area contributed by atoms with Gasteiger partial charge in [0.15, 0.2) is 0 Å². The first kappa shape index (κ1) is 14.9. The Labute approximate surface area is 122 Å². The van der Waals surface area contributed by atoms with Crippen molar-refractivity contribution in [3.8, 4) is 0 Å². The molecular weight excluding hydrogens is 288 g/mol. The van der Waals surface area contributed by atoms with Gasteiger partial charge in [-0.3, -0.25) is 9.97 Å². The van der Waals surface area contributed by atoms with Crippen LogP contribution in [0, 0.1) is 0 Å². The maximum atomic E-state index is 10.8. The van der Waals surface area contributed by atoms with Gasteiger partial charge in [-0.25, -0.2) is 13.6 Å². The minimum Gasteiger partial charge on any atom is -0.398 e. The quantitative estimate of drug-likeness (QED) is 0.662. The fraction of sp³-hybridized carbons (Fsp3) is 0. The van der Waals surface area contributed by atoms with E-state index in [0.29, 0.717) is 0 Å². The molecular formula is C14H14N4O2S. The number of para-hydroxylation sites is 3. The number of hydrogen-bond acceptors (Lipinski definition) is 5. The molecule has 0 amide bonds. The zero-order valence-electron chi connectivity index (χ0n) is 11.0. The van der Waals surface area contributed by atoms with Crippen molar-refractivity contribution < 1.29 is 8.42 Å². The molecule has 1 aromatic heterocycles. The standard InChI is InChI=1S/C8H6N2.C6H8N2O2S/c1-2-4-8-7(3-1)9-5-6-10-8;7-5-3-1-2-4-6(5)11(8,9)10/h1-6H;1-4H,7H2,(H2,8,9,10). The van der Waals surface area contributed by atoms with Gasteiger partial charge in [-0.1, -0.05) is 24.3 Å². The zero-order valence-corrected chi connectivity index (χ0v) is 11.9. The number of aromatic nitrogens is 2. The summed E-state index contributed by atoms with van der Waals surface area (Å²) in [5, 5.41) is 4.85. The fourth-order valence-electron chi connectivity index (χ4n) is 1.65. The largest absolute Gasteiger partial charge is 0.398 e. The van der Waals surface area contributed by atoms with Gasteiger partial charge in [0.1, 0.15) is 4.90 Å². The van der Waals surface area contributed by atoms with Gasteiger partial charge in [0.2, 0.25) is 10.0 Å². The topological polar surface area (TPSA) is 112 Å². The average Bonchev–Trinajstić information content (AvgIpc) is 2.47. The number of nitrogens with zero attached hydrogens (tertiary/aromatic N) is 2. The van der Waals surface area contributed by atoms with Crippen LogP contribution in [0.1, 0.15) is 0 Å². The number of hydrogen-bond donors (Lipinski definition) is 2. The van der Waals surface area contributed by atoms with E-state index in [1.165, 1.54) is 12.1 Å².